The van der Waals surface area contributed by atoms with E-state index in [4.69, 9.17) is 16.3 Å². The molecule has 196 valence electrons. The van der Waals surface area contributed by atoms with Crippen molar-refractivity contribution in [2.75, 3.05) is 38.2 Å². The number of nitrogens with zero attached hydrogens (tertiary/aromatic N) is 7. The van der Waals surface area contributed by atoms with Crippen LogP contribution in [0.25, 0.3) is 5.69 Å². The molecule has 0 N–H and O–H groups in total. The van der Waals surface area contributed by atoms with Crippen LogP contribution in [0.5, 0.6) is 5.75 Å². The number of thioether (sulfide) groups is 1. The van der Waals surface area contributed by atoms with E-state index in [1.165, 1.54) is 11.8 Å². The van der Waals surface area contributed by atoms with E-state index in [9.17, 15) is 4.79 Å². The molecule has 0 atom stereocenters. The standard InChI is InChI=1S/C27H28ClN7O2S/c1-18-16-19(2)30-27(29-18)38-17-23-25(31-32-35(23)21-10-8-20(28)9-11-21)26(36)34-14-12-33(13-15-34)22-6-4-5-7-24(22)37-3/h4-11,16H,12-15,17H2,1-3H3. The first kappa shape index (κ1) is 26.0. The summed E-state index contributed by atoms with van der Waals surface area (Å²) in [5.41, 5.74) is 4.63. The maximum absolute atomic E-state index is 13.7. The number of aryl methyl sites for hydroxylation is 2. The Labute approximate surface area is 230 Å². The van der Waals surface area contributed by atoms with Crippen LogP contribution in [-0.2, 0) is 5.75 Å². The number of para-hydroxylation sites is 2. The molecule has 1 amide bonds. The lowest BCUT2D eigenvalue weighted by molar-refractivity contribution is 0.0740. The summed E-state index contributed by atoms with van der Waals surface area (Å²) < 4.78 is 7.22. The van der Waals surface area contributed by atoms with E-state index in [0.29, 0.717) is 53.5 Å². The van der Waals surface area contributed by atoms with Gasteiger partial charge in [-0.15, -0.1) is 5.10 Å². The van der Waals surface area contributed by atoms with Gasteiger partial charge in [0.2, 0.25) is 0 Å². The minimum absolute atomic E-state index is 0.137. The molecule has 0 spiro atoms. The Kier molecular flexibility index (Phi) is 7.80. The van der Waals surface area contributed by atoms with Crippen molar-refractivity contribution in [3.05, 3.63) is 82.4 Å². The van der Waals surface area contributed by atoms with Gasteiger partial charge in [-0.05, 0) is 56.3 Å². The van der Waals surface area contributed by atoms with Gasteiger partial charge in [0.05, 0.1) is 24.2 Å². The van der Waals surface area contributed by atoms with Crippen molar-refractivity contribution < 1.29 is 9.53 Å². The van der Waals surface area contributed by atoms with Crippen LogP contribution in [0.3, 0.4) is 0 Å². The van der Waals surface area contributed by atoms with Gasteiger partial charge in [-0.1, -0.05) is 40.7 Å². The number of halogens is 1. The number of amides is 1. The zero-order valence-electron chi connectivity index (χ0n) is 21.5. The maximum atomic E-state index is 13.7. The molecule has 9 nitrogen and oxygen atoms in total. The summed E-state index contributed by atoms with van der Waals surface area (Å²) in [4.78, 5) is 26.9. The monoisotopic (exact) mass is 549 g/mol. The number of piperazine rings is 1. The zero-order chi connectivity index (χ0) is 26.6. The summed E-state index contributed by atoms with van der Waals surface area (Å²) >= 11 is 7.56. The van der Waals surface area contributed by atoms with Gasteiger partial charge in [0.1, 0.15) is 5.75 Å². The molecule has 0 aliphatic carbocycles. The van der Waals surface area contributed by atoms with E-state index in [2.05, 4.69) is 25.2 Å². The fourth-order valence-corrected chi connectivity index (χ4v) is 5.54. The maximum Gasteiger partial charge on any atom is 0.276 e. The number of hydrogen-bond donors (Lipinski definition) is 0. The zero-order valence-corrected chi connectivity index (χ0v) is 23.0. The number of ether oxygens (including phenoxy) is 1. The molecule has 5 rings (SSSR count). The quantitative estimate of drug-likeness (QED) is 0.244. The SMILES string of the molecule is COc1ccccc1N1CCN(C(=O)c2nnn(-c3ccc(Cl)cc3)c2CSc2nc(C)cc(C)n2)CC1. The second-order valence-electron chi connectivity index (χ2n) is 8.95. The van der Waals surface area contributed by atoms with Crippen LogP contribution in [0.1, 0.15) is 27.6 Å². The second-order valence-corrected chi connectivity index (χ2v) is 10.3. The number of anilines is 1. The van der Waals surface area contributed by atoms with Crippen molar-refractivity contribution in [3.8, 4) is 11.4 Å². The average molecular weight is 550 g/mol. The minimum atomic E-state index is -0.137. The van der Waals surface area contributed by atoms with Crippen LogP contribution in [0, 0.1) is 13.8 Å². The van der Waals surface area contributed by atoms with Crippen molar-refractivity contribution in [1.82, 2.24) is 29.9 Å². The fourth-order valence-electron chi connectivity index (χ4n) is 4.47. The number of aromatic nitrogens is 5. The van der Waals surface area contributed by atoms with Crippen molar-refractivity contribution >= 4 is 35.0 Å². The molecule has 0 saturated carbocycles. The van der Waals surface area contributed by atoms with Crippen LogP contribution in [-0.4, -0.2) is 69.1 Å². The smallest absolute Gasteiger partial charge is 0.276 e. The highest BCUT2D eigenvalue weighted by atomic mass is 35.5. The van der Waals surface area contributed by atoms with E-state index in [0.717, 1.165) is 28.5 Å². The Morgan fingerprint density at radius 3 is 2.37 bits per heavy atom. The number of carbonyl (C=O) groups is 1. The van der Waals surface area contributed by atoms with E-state index in [1.807, 2.05) is 61.2 Å². The summed E-state index contributed by atoms with van der Waals surface area (Å²) in [5.74, 6) is 1.12. The van der Waals surface area contributed by atoms with Gasteiger partial charge in [0, 0.05) is 48.3 Å². The highest BCUT2D eigenvalue weighted by Gasteiger charge is 2.29. The molecule has 38 heavy (non-hydrogen) atoms. The summed E-state index contributed by atoms with van der Waals surface area (Å²) in [6, 6.07) is 17.2. The minimum Gasteiger partial charge on any atom is -0.495 e. The summed E-state index contributed by atoms with van der Waals surface area (Å²) in [6.07, 6.45) is 0. The molecule has 1 saturated heterocycles. The van der Waals surface area contributed by atoms with Crippen LogP contribution < -0.4 is 9.64 Å². The Morgan fingerprint density at radius 1 is 1.00 bits per heavy atom. The first-order valence-electron chi connectivity index (χ1n) is 12.3. The first-order valence-corrected chi connectivity index (χ1v) is 13.6. The summed E-state index contributed by atoms with van der Waals surface area (Å²) in [7, 11) is 1.67. The van der Waals surface area contributed by atoms with Gasteiger partial charge in [0.25, 0.3) is 5.91 Å². The van der Waals surface area contributed by atoms with Gasteiger partial charge in [-0.3, -0.25) is 4.79 Å². The lowest BCUT2D eigenvalue weighted by Crippen LogP contribution is -2.49. The highest BCUT2D eigenvalue weighted by Crippen LogP contribution is 2.29. The normalized spacial score (nSPS) is 13.6. The molecule has 0 bridgehead atoms. The molecule has 0 unspecified atom stereocenters. The van der Waals surface area contributed by atoms with Gasteiger partial charge in [-0.25, -0.2) is 14.6 Å². The van der Waals surface area contributed by atoms with Crippen LogP contribution in [0.15, 0.2) is 59.8 Å². The number of carbonyl (C=O) groups excluding carboxylic acids is 1. The van der Waals surface area contributed by atoms with Crippen molar-refractivity contribution in [1.29, 1.82) is 0 Å². The second kappa shape index (κ2) is 11.4. The molecule has 0 radical (unpaired) electrons. The van der Waals surface area contributed by atoms with E-state index >= 15 is 0 Å². The average Bonchev–Trinajstić information content (AvgIpc) is 3.35. The molecule has 4 aromatic rings. The molecule has 3 heterocycles. The lowest BCUT2D eigenvalue weighted by Gasteiger charge is -2.36. The van der Waals surface area contributed by atoms with E-state index in [-0.39, 0.29) is 5.91 Å². The predicted molar refractivity (Wildman–Crippen MR) is 149 cm³/mol. The number of rotatable bonds is 7. The van der Waals surface area contributed by atoms with Gasteiger partial charge >= 0.3 is 0 Å². The highest BCUT2D eigenvalue weighted by molar-refractivity contribution is 7.98. The summed E-state index contributed by atoms with van der Waals surface area (Å²) in [6.45, 7) is 6.40. The number of benzene rings is 2. The predicted octanol–water partition coefficient (Wildman–Crippen LogP) is 4.59. The third-order valence-corrected chi connectivity index (χ3v) is 7.44. The molecular formula is C27H28ClN7O2S. The van der Waals surface area contributed by atoms with Gasteiger partial charge in [0.15, 0.2) is 10.9 Å². The Balaban J connectivity index is 1.38. The van der Waals surface area contributed by atoms with Gasteiger partial charge in [-0.2, -0.15) is 0 Å². The van der Waals surface area contributed by atoms with Crippen molar-refractivity contribution in [3.63, 3.8) is 0 Å². The van der Waals surface area contributed by atoms with Crippen LogP contribution in [0.4, 0.5) is 5.69 Å². The van der Waals surface area contributed by atoms with Gasteiger partial charge < -0.3 is 14.5 Å². The third kappa shape index (κ3) is 5.61. The van der Waals surface area contributed by atoms with Crippen LogP contribution in [0.2, 0.25) is 5.02 Å². The first-order chi connectivity index (χ1) is 18.4. The Bertz CT molecular complexity index is 1420. The molecule has 2 aromatic heterocycles. The molecule has 11 heteroatoms. The topological polar surface area (TPSA) is 89.3 Å². The molecule has 1 aliphatic rings. The van der Waals surface area contributed by atoms with Crippen molar-refractivity contribution in [2.45, 2.75) is 24.8 Å². The lowest BCUT2D eigenvalue weighted by atomic mass is 10.2. The molecular weight excluding hydrogens is 522 g/mol. The van der Waals surface area contributed by atoms with E-state index < -0.39 is 0 Å². The van der Waals surface area contributed by atoms with Crippen LogP contribution >= 0.6 is 23.4 Å². The molecule has 2 aromatic carbocycles. The Morgan fingerprint density at radius 2 is 1.68 bits per heavy atom. The third-order valence-electron chi connectivity index (χ3n) is 6.33. The molecule has 1 aliphatic heterocycles. The molecule has 1 fully saturated rings. The largest absolute Gasteiger partial charge is 0.495 e. The van der Waals surface area contributed by atoms with E-state index in [1.54, 1.807) is 23.9 Å². The number of methoxy groups -OCH3 is 1. The van der Waals surface area contributed by atoms with Crippen molar-refractivity contribution in [2.24, 2.45) is 0 Å². The Hall–Kier alpha value is -3.63. The number of hydrogen-bond acceptors (Lipinski definition) is 8. The fraction of sp³-hybridized carbons (Fsp3) is 0.296. The summed E-state index contributed by atoms with van der Waals surface area (Å²) in [5, 5.41) is 9.97.